The van der Waals surface area contributed by atoms with E-state index < -0.39 is 0 Å². The highest BCUT2D eigenvalue weighted by Crippen LogP contribution is 2.15. The van der Waals surface area contributed by atoms with Crippen LogP contribution in [-0.2, 0) is 13.0 Å². The summed E-state index contributed by atoms with van der Waals surface area (Å²) in [6.45, 7) is 3.41. The molecular formula is C21H21ClN2O2. The maximum absolute atomic E-state index is 12.4. The fourth-order valence-electron chi connectivity index (χ4n) is 2.65. The largest absolute Gasteiger partial charge is 0.494 e. The minimum Gasteiger partial charge on any atom is -0.494 e. The minimum absolute atomic E-state index is 0.0417. The number of carbonyl (C=O) groups excluding carboxylic acids is 1. The van der Waals surface area contributed by atoms with E-state index in [1.165, 1.54) is 0 Å². The van der Waals surface area contributed by atoms with E-state index in [2.05, 4.69) is 11.9 Å². The van der Waals surface area contributed by atoms with E-state index in [0.717, 1.165) is 23.4 Å². The summed E-state index contributed by atoms with van der Waals surface area (Å²) in [5.41, 5.74) is 2.51. The summed E-state index contributed by atoms with van der Waals surface area (Å²) < 4.78 is 7.49. The number of halogens is 1. The molecule has 4 nitrogen and oxygen atoms in total. The fraction of sp³-hybridized carbons (Fsp3) is 0.238. The fourth-order valence-corrected chi connectivity index (χ4v) is 2.87. The average molecular weight is 369 g/mol. The smallest absolute Gasteiger partial charge is 0.168 e. The topological polar surface area (TPSA) is 44.1 Å². The van der Waals surface area contributed by atoms with Crippen LogP contribution in [0.1, 0.15) is 35.0 Å². The molecular weight excluding hydrogens is 348 g/mol. The van der Waals surface area contributed by atoms with E-state index in [4.69, 9.17) is 16.3 Å². The predicted octanol–water partition coefficient (Wildman–Crippen LogP) is 4.80. The summed E-state index contributed by atoms with van der Waals surface area (Å²) >= 11 is 6.01. The standard InChI is InChI=1S/C21H21ClN2O2/c1-2-10-26-20-8-6-17(7-9-20)21(25)12-19-14-24(15-23-19)13-16-4-3-5-18(22)11-16/h3-9,11,14-15H,2,10,12-13H2,1H3. The number of hydrogen-bond donors (Lipinski definition) is 0. The zero-order valence-electron chi connectivity index (χ0n) is 14.7. The molecule has 0 amide bonds. The van der Waals surface area contributed by atoms with Crippen LogP contribution in [0.25, 0.3) is 0 Å². The maximum atomic E-state index is 12.4. The monoisotopic (exact) mass is 368 g/mol. The quantitative estimate of drug-likeness (QED) is 0.536. The Kier molecular flexibility index (Phi) is 6.08. The Morgan fingerprint density at radius 3 is 2.73 bits per heavy atom. The molecule has 0 bridgehead atoms. The third kappa shape index (κ3) is 4.96. The number of carbonyl (C=O) groups is 1. The molecule has 0 saturated heterocycles. The first kappa shape index (κ1) is 18.2. The third-order valence-electron chi connectivity index (χ3n) is 3.93. The molecule has 2 aromatic carbocycles. The number of benzene rings is 2. The van der Waals surface area contributed by atoms with Crippen molar-refractivity contribution in [2.24, 2.45) is 0 Å². The second kappa shape index (κ2) is 8.68. The number of ketones is 1. The number of imidazole rings is 1. The number of ether oxygens (including phenoxy) is 1. The molecule has 0 radical (unpaired) electrons. The summed E-state index contributed by atoms with van der Waals surface area (Å²) in [6.07, 6.45) is 4.87. The van der Waals surface area contributed by atoms with Gasteiger partial charge in [0.05, 0.1) is 25.0 Å². The Balaban J connectivity index is 1.60. The lowest BCUT2D eigenvalue weighted by molar-refractivity contribution is 0.0992. The Hall–Kier alpha value is -2.59. The molecule has 3 rings (SSSR count). The van der Waals surface area contributed by atoms with Crippen LogP contribution in [0.3, 0.4) is 0 Å². The Morgan fingerprint density at radius 2 is 2.00 bits per heavy atom. The van der Waals surface area contributed by atoms with E-state index in [-0.39, 0.29) is 12.2 Å². The van der Waals surface area contributed by atoms with Crippen molar-refractivity contribution in [2.45, 2.75) is 26.3 Å². The van der Waals surface area contributed by atoms with Crippen LogP contribution in [0.5, 0.6) is 5.75 Å². The van der Waals surface area contributed by atoms with Gasteiger partial charge in [0.2, 0.25) is 0 Å². The number of aromatic nitrogens is 2. The Morgan fingerprint density at radius 1 is 1.19 bits per heavy atom. The van der Waals surface area contributed by atoms with Crippen LogP contribution in [-0.4, -0.2) is 21.9 Å². The second-order valence-corrected chi connectivity index (χ2v) is 6.58. The summed E-state index contributed by atoms with van der Waals surface area (Å²) in [5, 5.41) is 0.712. The van der Waals surface area contributed by atoms with Crippen molar-refractivity contribution < 1.29 is 9.53 Å². The van der Waals surface area contributed by atoms with Crippen molar-refractivity contribution in [1.82, 2.24) is 9.55 Å². The average Bonchev–Trinajstić information content (AvgIpc) is 3.07. The molecule has 0 aliphatic heterocycles. The summed E-state index contributed by atoms with van der Waals surface area (Å²) in [5.74, 6) is 0.828. The van der Waals surface area contributed by atoms with E-state index in [1.54, 1.807) is 18.5 Å². The van der Waals surface area contributed by atoms with Crippen LogP contribution < -0.4 is 4.74 Å². The highest BCUT2D eigenvalue weighted by atomic mass is 35.5. The van der Waals surface area contributed by atoms with Crippen LogP contribution in [0.2, 0.25) is 5.02 Å². The van der Waals surface area contributed by atoms with Gasteiger partial charge in [-0.25, -0.2) is 4.98 Å². The summed E-state index contributed by atoms with van der Waals surface area (Å²) in [6, 6.07) is 15.0. The van der Waals surface area contributed by atoms with Gasteiger partial charge in [0.15, 0.2) is 5.78 Å². The Labute approximate surface area is 158 Å². The molecule has 0 spiro atoms. The zero-order chi connectivity index (χ0) is 18.4. The molecule has 1 heterocycles. The maximum Gasteiger partial charge on any atom is 0.168 e. The third-order valence-corrected chi connectivity index (χ3v) is 4.17. The first-order valence-corrected chi connectivity index (χ1v) is 9.03. The number of rotatable bonds is 8. The Bertz CT molecular complexity index is 872. The normalized spacial score (nSPS) is 10.7. The predicted molar refractivity (Wildman–Crippen MR) is 103 cm³/mol. The molecule has 0 N–H and O–H groups in total. The van der Waals surface area contributed by atoms with Crippen molar-refractivity contribution in [3.8, 4) is 5.75 Å². The van der Waals surface area contributed by atoms with Crippen LogP contribution in [0.15, 0.2) is 61.1 Å². The molecule has 134 valence electrons. The van der Waals surface area contributed by atoms with Crippen LogP contribution >= 0.6 is 11.6 Å². The lowest BCUT2D eigenvalue weighted by Gasteiger charge is -2.05. The molecule has 0 aliphatic rings. The lowest BCUT2D eigenvalue weighted by atomic mass is 10.1. The van der Waals surface area contributed by atoms with Crippen LogP contribution in [0, 0.1) is 0 Å². The van der Waals surface area contributed by atoms with Crippen LogP contribution in [0.4, 0.5) is 0 Å². The van der Waals surface area contributed by atoms with Gasteiger partial charge in [-0.2, -0.15) is 0 Å². The van der Waals surface area contributed by atoms with Gasteiger partial charge in [0.1, 0.15) is 5.75 Å². The molecule has 0 fully saturated rings. The molecule has 3 aromatic rings. The molecule has 26 heavy (non-hydrogen) atoms. The van der Waals surface area contributed by atoms with Gasteiger partial charge < -0.3 is 9.30 Å². The highest BCUT2D eigenvalue weighted by Gasteiger charge is 2.10. The van der Waals surface area contributed by atoms with Crippen molar-refractivity contribution in [1.29, 1.82) is 0 Å². The lowest BCUT2D eigenvalue weighted by Crippen LogP contribution is -2.04. The molecule has 1 aromatic heterocycles. The van der Waals surface area contributed by atoms with Crippen molar-refractivity contribution >= 4 is 17.4 Å². The van der Waals surface area contributed by atoms with E-state index in [1.807, 2.05) is 47.2 Å². The van der Waals surface area contributed by atoms with Gasteiger partial charge in [-0.05, 0) is 48.4 Å². The first-order valence-electron chi connectivity index (χ1n) is 8.65. The zero-order valence-corrected chi connectivity index (χ0v) is 15.4. The molecule has 0 saturated carbocycles. The number of hydrogen-bond acceptors (Lipinski definition) is 3. The summed E-state index contributed by atoms with van der Waals surface area (Å²) in [4.78, 5) is 16.8. The van der Waals surface area contributed by atoms with Gasteiger partial charge in [-0.1, -0.05) is 30.7 Å². The van der Waals surface area contributed by atoms with Crippen molar-refractivity contribution in [2.75, 3.05) is 6.61 Å². The van der Waals surface area contributed by atoms with Gasteiger partial charge in [-0.15, -0.1) is 0 Å². The van der Waals surface area contributed by atoms with Gasteiger partial charge in [0, 0.05) is 23.3 Å². The van der Waals surface area contributed by atoms with Crippen molar-refractivity contribution in [3.05, 3.63) is 82.9 Å². The molecule has 0 atom stereocenters. The van der Waals surface area contributed by atoms with Crippen molar-refractivity contribution in [3.63, 3.8) is 0 Å². The summed E-state index contributed by atoms with van der Waals surface area (Å²) in [7, 11) is 0. The molecule has 0 unspecified atom stereocenters. The first-order chi connectivity index (χ1) is 12.6. The number of Topliss-reactive ketones (excluding diaryl/α,β-unsaturated/α-hetero) is 1. The second-order valence-electron chi connectivity index (χ2n) is 6.14. The molecule has 0 aliphatic carbocycles. The highest BCUT2D eigenvalue weighted by molar-refractivity contribution is 6.30. The van der Waals surface area contributed by atoms with E-state index in [9.17, 15) is 4.79 Å². The molecule has 5 heteroatoms. The van der Waals surface area contributed by atoms with E-state index >= 15 is 0 Å². The van der Waals surface area contributed by atoms with E-state index in [0.29, 0.717) is 23.7 Å². The minimum atomic E-state index is 0.0417. The van der Waals surface area contributed by atoms with Gasteiger partial charge in [-0.3, -0.25) is 4.79 Å². The van der Waals surface area contributed by atoms with Gasteiger partial charge >= 0.3 is 0 Å². The SMILES string of the molecule is CCCOc1ccc(C(=O)Cc2cn(Cc3cccc(Cl)c3)cn2)cc1. The van der Waals surface area contributed by atoms with Gasteiger partial charge in [0.25, 0.3) is 0 Å². The number of nitrogens with zero attached hydrogens (tertiary/aromatic N) is 2.